The lowest BCUT2D eigenvalue weighted by Crippen LogP contribution is -2.16. The zero-order valence-electron chi connectivity index (χ0n) is 9.87. The van der Waals surface area contributed by atoms with Crippen LogP contribution in [0.5, 0.6) is 5.75 Å². The molecule has 2 aromatic heterocycles. The molecule has 1 saturated carbocycles. The van der Waals surface area contributed by atoms with Crippen LogP contribution in [0.3, 0.4) is 0 Å². The Morgan fingerprint density at radius 2 is 2.28 bits per heavy atom. The molecule has 3 rings (SSSR count). The predicted octanol–water partition coefficient (Wildman–Crippen LogP) is 1.30. The molecule has 1 aliphatic carbocycles. The van der Waals surface area contributed by atoms with E-state index in [9.17, 15) is 0 Å². The first kappa shape index (κ1) is 11.2. The zero-order valence-corrected chi connectivity index (χ0v) is 9.87. The Morgan fingerprint density at radius 3 is 2.94 bits per heavy atom. The van der Waals surface area contributed by atoms with Gasteiger partial charge in [-0.25, -0.2) is 0 Å². The minimum atomic E-state index is 0.290. The quantitative estimate of drug-likeness (QED) is 0.828. The van der Waals surface area contributed by atoms with Gasteiger partial charge in [0.1, 0.15) is 5.75 Å². The maximum atomic E-state index is 5.48. The summed E-state index contributed by atoms with van der Waals surface area (Å²) in [6, 6.07) is 4.55. The summed E-state index contributed by atoms with van der Waals surface area (Å²) >= 11 is 0. The molecular formula is C12H14N4O2. The van der Waals surface area contributed by atoms with Gasteiger partial charge in [0.15, 0.2) is 6.61 Å². The summed E-state index contributed by atoms with van der Waals surface area (Å²) < 4.78 is 10.1. The lowest BCUT2D eigenvalue weighted by atomic mass is 10.3. The van der Waals surface area contributed by atoms with Crippen molar-refractivity contribution in [2.45, 2.75) is 32.0 Å². The van der Waals surface area contributed by atoms with Crippen molar-refractivity contribution in [2.75, 3.05) is 0 Å². The number of aromatic nitrogens is 3. The molecule has 0 aliphatic heterocycles. The van der Waals surface area contributed by atoms with E-state index in [1.807, 2.05) is 12.1 Å². The number of hydrogen-bond acceptors (Lipinski definition) is 6. The van der Waals surface area contributed by atoms with Crippen LogP contribution in [0.2, 0.25) is 0 Å². The van der Waals surface area contributed by atoms with Gasteiger partial charge in [-0.1, -0.05) is 5.16 Å². The van der Waals surface area contributed by atoms with Gasteiger partial charge in [0.25, 0.3) is 0 Å². The number of ether oxygens (including phenoxy) is 1. The number of nitrogens with zero attached hydrogens (tertiary/aromatic N) is 3. The molecule has 1 fully saturated rings. The second kappa shape index (κ2) is 5.14. The third kappa shape index (κ3) is 3.04. The Hall–Kier alpha value is -1.95. The fourth-order valence-corrected chi connectivity index (χ4v) is 1.54. The lowest BCUT2D eigenvalue weighted by molar-refractivity contribution is 0.285. The van der Waals surface area contributed by atoms with Gasteiger partial charge < -0.3 is 14.6 Å². The first-order valence-electron chi connectivity index (χ1n) is 5.96. The molecule has 0 atom stereocenters. The topological polar surface area (TPSA) is 73.1 Å². The second-order valence-corrected chi connectivity index (χ2v) is 4.28. The molecule has 6 nitrogen and oxygen atoms in total. The van der Waals surface area contributed by atoms with Crippen LogP contribution in [0.25, 0.3) is 0 Å². The van der Waals surface area contributed by atoms with Crippen molar-refractivity contribution in [3.8, 4) is 5.75 Å². The first-order valence-corrected chi connectivity index (χ1v) is 5.96. The minimum Gasteiger partial charge on any atom is -0.484 e. The van der Waals surface area contributed by atoms with Crippen molar-refractivity contribution in [2.24, 2.45) is 0 Å². The molecule has 6 heteroatoms. The highest BCUT2D eigenvalue weighted by Crippen LogP contribution is 2.19. The second-order valence-electron chi connectivity index (χ2n) is 4.28. The van der Waals surface area contributed by atoms with E-state index in [4.69, 9.17) is 4.74 Å². The van der Waals surface area contributed by atoms with Gasteiger partial charge in [-0.2, -0.15) is 4.98 Å². The number of pyridine rings is 1. The van der Waals surface area contributed by atoms with E-state index in [1.54, 1.807) is 6.20 Å². The third-order valence-corrected chi connectivity index (χ3v) is 2.72. The lowest BCUT2D eigenvalue weighted by Gasteiger charge is -2.05. The van der Waals surface area contributed by atoms with Gasteiger partial charge in [0.2, 0.25) is 12.2 Å². The third-order valence-electron chi connectivity index (χ3n) is 2.72. The fourth-order valence-electron chi connectivity index (χ4n) is 1.54. The molecule has 1 aliphatic rings. The predicted molar refractivity (Wildman–Crippen MR) is 62.7 cm³/mol. The van der Waals surface area contributed by atoms with E-state index in [-0.39, 0.29) is 6.61 Å². The molecule has 0 spiro atoms. The molecule has 0 bridgehead atoms. The van der Waals surface area contributed by atoms with Crippen molar-refractivity contribution >= 4 is 0 Å². The number of nitrogens with one attached hydrogen (secondary N) is 1. The minimum absolute atomic E-state index is 0.290. The Labute approximate surface area is 104 Å². The monoisotopic (exact) mass is 246 g/mol. The van der Waals surface area contributed by atoms with Gasteiger partial charge in [-0.05, 0) is 25.0 Å². The van der Waals surface area contributed by atoms with E-state index >= 15 is 0 Å². The SMILES string of the molecule is c1nc(COc2ccc(CNC3CC3)nc2)no1. The number of hydrogen-bond donors (Lipinski definition) is 1. The van der Waals surface area contributed by atoms with Crippen LogP contribution in [0, 0.1) is 0 Å². The zero-order chi connectivity index (χ0) is 12.2. The van der Waals surface area contributed by atoms with Crippen LogP contribution in [-0.4, -0.2) is 21.2 Å². The molecule has 18 heavy (non-hydrogen) atoms. The van der Waals surface area contributed by atoms with Crippen LogP contribution >= 0.6 is 0 Å². The van der Waals surface area contributed by atoms with E-state index in [0.717, 1.165) is 12.2 Å². The molecule has 1 N–H and O–H groups in total. The van der Waals surface area contributed by atoms with Crippen LogP contribution in [0.15, 0.2) is 29.2 Å². The van der Waals surface area contributed by atoms with E-state index in [2.05, 4.69) is 25.0 Å². The van der Waals surface area contributed by atoms with E-state index in [0.29, 0.717) is 17.6 Å². The maximum Gasteiger partial charge on any atom is 0.213 e. The summed E-state index contributed by atoms with van der Waals surface area (Å²) in [4.78, 5) is 8.20. The molecule has 0 unspecified atom stereocenters. The van der Waals surface area contributed by atoms with Crippen molar-refractivity contribution in [1.82, 2.24) is 20.4 Å². The van der Waals surface area contributed by atoms with Crippen LogP contribution in [0.4, 0.5) is 0 Å². The van der Waals surface area contributed by atoms with Crippen molar-refractivity contribution < 1.29 is 9.26 Å². The molecule has 0 aromatic carbocycles. The smallest absolute Gasteiger partial charge is 0.213 e. The number of rotatable bonds is 6. The molecule has 2 aromatic rings. The first-order chi connectivity index (χ1) is 8.90. The molecular weight excluding hydrogens is 232 g/mol. The highest BCUT2D eigenvalue weighted by Gasteiger charge is 2.19. The van der Waals surface area contributed by atoms with Crippen LogP contribution in [-0.2, 0) is 13.2 Å². The maximum absolute atomic E-state index is 5.48. The summed E-state index contributed by atoms with van der Waals surface area (Å²) in [7, 11) is 0. The normalized spacial score (nSPS) is 14.7. The fraction of sp³-hybridized carbons (Fsp3) is 0.417. The average Bonchev–Trinajstić information content (AvgIpc) is 3.09. The van der Waals surface area contributed by atoms with Gasteiger partial charge >= 0.3 is 0 Å². The van der Waals surface area contributed by atoms with Crippen molar-refractivity contribution in [3.05, 3.63) is 36.2 Å². The summed E-state index contributed by atoms with van der Waals surface area (Å²) in [5.74, 6) is 1.23. The van der Waals surface area contributed by atoms with Gasteiger partial charge in [0, 0.05) is 12.6 Å². The summed E-state index contributed by atoms with van der Waals surface area (Å²) in [6.07, 6.45) is 5.56. The highest BCUT2D eigenvalue weighted by atomic mass is 16.5. The Balaban J connectivity index is 1.50. The van der Waals surface area contributed by atoms with E-state index in [1.165, 1.54) is 19.2 Å². The molecule has 0 amide bonds. The van der Waals surface area contributed by atoms with Gasteiger partial charge in [-0.15, -0.1) is 0 Å². The average molecular weight is 246 g/mol. The molecule has 94 valence electrons. The Bertz CT molecular complexity index is 479. The Morgan fingerprint density at radius 1 is 1.33 bits per heavy atom. The Kier molecular flexibility index (Phi) is 3.18. The largest absolute Gasteiger partial charge is 0.484 e. The molecule has 0 radical (unpaired) electrons. The molecule has 0 saturated heterocycles. The van der Waals surface area contributed by atoms with E-state index < -0.39 is 0 Å². The summed E-state index contributed by atoms with van der Waals surface area (Å²) in [5, 5.41) is 7.07. The van der Waals surface area contributed by atoms with Gasteiger partial charge in [-0.3, -0.25) is 4.98 Å². The van der Waals surface area contributed by atoms with Crippen molar-refractivity contribution in [3.63, 3.8) is 0 Å². The highest BCUT2D eigenvalue weighted by molar-refractivity contribution is 5.20. The summed E-state index contributed by atoms with van der Waals surface area (Å²) in [6.45, 7) is 1.10. The molecule has 2 heterocycles. The van der Waals surface area contributed by atoms with Crippen LogP contribution in [0.1, 0.15) is 24.4 Å². The van der Waals surface area contributed by atoms with Gasteiger partial charge in [0.05, 0.1) is 11.9 Å². The standard InChI is InChI=1S/C12H14N4O2/c1-2-9(1)13-5-10-3-4-11(6-14-10)17-7-12-15-8-18-16-12/h3-4,6,8-9,13H,1-2,5,7H2. The summed E-state index contributed by atoms with van der Waals surface area (Å²) in [5.41, 5.74) is 1.02. The van der Waals surface area contributed by atoms with Crippen LogP contribution < -0.4 is 10.1 Å². The van der Waals surface area contributed by atoms with Crippen molar-refractivity contribution in [1.29, 1.82) is 0 Å².